The number of nitrogens with zero attached hydrogens (tertiary/aromatic N) is 1. The van der Waals surface area contributed by atoms with Crippen LogP contribution in [-0.2, 0) is 0 Å². The van der Waals surface area contributed by atoms with Crippen LogP contribution in [0.3, 0.4) is 0 Å². The van der Waals surface area contributed by atoms with Crippen LogP contribution in [0.1, 0.15) is 66.8 Å². The van der Waals surface area contributed by atoms with Gasteiger partial charge in [0.2, 0.25) is 0 Å². The van der Waals surface area contributed by atoms with Crippen molar-refractivity contribution in [1.29, 1.82) is 0 Å². The molecule has 1 N–H and O–H groups in total. The molecule has 4 heteroatoms. The molecule has 3 aromatic rings. The monoisotopic (exact) mass is 402 g/mol. The molecule has 1 amide bonds. The number of halogens is 1. The van der Waals surface area contributed by atoms with Gasteiger partial charge in [0.1, 0.15) is 5.82 Å². The lowest BCUT2D eigenvalue weighted by Crippen LogP contribution is -2.38. The van der Waals surface area contributed by atoms with Gasteiger partial charge in [-0.2, -0.15) is 0 Å². The topological polar surface area (TPSA) is 42.0 Å². The number of aromatic nitrogens is 1. The molecule has 2 aliphatic carbocycles. The van der Waals surface area contributed by atoms with Crippen molar-refractivity contribution in [3.63, 3.8) is 0 Å². The van der Waals surface area contributed by atoms with Crippen molar-refractivity contribution >= 4 is 16.8 Å². The van der Waals surface area contributed by atoms with Gasteiger partial charge in [0, 0.05) is 22.7 Å². The molecule has 0 saturated heterocycles. The highest BCUT2D eigenvalue weighted by Gasteiger charge is 2.45. The first kappa shape index (κ1) is 19.2. The van der Waals surface area contributed by atoms with Crippen molar-refractivity contribution in [1.82, 2.24) is 10.3 Å². The number of fused-ring (bicyclic) bond motifs is 1. The molecule has 0 unspecified atom stereocenters. The second-order valence-electron chi connectivity index (χ2n) is 9.08. The number of pyridine rings is 1. The van der Waals surface area contributed by atoms with Crippen LogP contribution in [-0.4, -0.2) is 16.4 Å². The molecule has 154 valence electrons. The fraction of sp³-hybridized carbons (Fsp3) is 0.385. The zero-order valence-corrected chi connectivity index (χ0v) is 17.1. The summed E-state index contributed by atoms with van der Waals surface area (Å²) in [6.07, 6.45) is 9.63. The maximum absolute atomic E-state index is 13.8. The molecule has 3 nitrogen and oxygen atoms in total. The average molecular weight is 403 g/mol. The molecule has 0 aliphatic heterocycles. The minimum atomic E-state index is -0.199. The Labute approximate surface area is 176 Å². The Bertz CT molecular complexity index is 1050. The maximum Gasteiger partial charge on any atom is 0.251 e. The first-order valence-corrected chi connectivity index (χ1v) is 11.0. The summed E-state index contributed by atoms with van der Waals surface area (Å²) in [5, 5.41) is 4.27. The van der Waals surface area contributed by atoms with Crippen LogP contribution in [0.5, 0.6) is 0 Å². The zero-order valence-electron chi connectivity index (χ0n) is 17.1. The summed E-state index contributed by atoms with van der Waals surface area (Å²) < 4.78 is 13.8. The van der Waals surface area contributed by atoms with E-state index in [9.17, 15) is 9.18 Å². The Morgan fingerprint density at radius 2 is 1.80 bits per heavy atom. The predicted octanol–water partition coefficient (Wildman–Crippen LogP) is 6.00. The van der Waals surface area contributed by atoms with E-state index in [0.717, 1.165) is 61.4 Å². The summed E-state index contributed by atoms with van der Waals surface area (Å²) >= 11 is 0. The van der Waals surface area contributed by atoms with Gasteiger partial charge in [0.25, 0.3) is 5.91 Å². The van der Waals surface area contributed by atoms with Gasteiger partial charge < -0.3 is 5.32 Å². The summed E-state index contributed by atoms with van der Waals surface area (Å²) in [6.45, 7) is 0. The van der Waals surface area contributed by atoms with E-state index < -0.39 is 0 Å². The van der Waals surface area contributed by atoms with Crippen molar-refractivity contribution < 1.29 is 9.18 Å². The lowest BCUT2D eigenvalue weighted by Gasteiger charge is -2.32. The first-order valence-electron chi connectivity index (χ1n) is 11.0. The van der Waals surface area contributed by atoms with E-state index >= 15 is 0 Å². The highest BCUT2D eigenvalue weighted by Crippen LogP contribution is 2.47. The summed E-state index contributed by atoms with van der Waals surface area (Å²) in [4.78, 5) is 17.0. The number of benzene rings is 2. The second kappa shape index (κ2) is 7.82. The summed E-state index contributed by atoms with van der Waals surface area (Å²) in [5.41, 5.74) is 2.84. The van der Waals surface area contributed by atoms with Crippen molar-refractivity contribution in [2.24, 2.45) is 5.92 Å². The highest BCUT2D eigenvalue weighted by atomic mass is 19.1. The van der Waals surface area contributed by atoms with E-state index in [0.29, 0.717) is 11.8 Å². The third-order valence-electron chi connectivity index (χ3n) is 6.97. The molecule has 0 radical (unpaired) electrons. The van der Waals surface area contributed by atoms with E-state index in [4.69, 9.17) is 0 Å². The van der Waals surface area contributed by atoms with Gasteiger partial charge in [-0.25, -0.2) is 4.39 Å². The van der Waals surface area contributed by atoms with Crippen molar-refractivity contribution in [2.75, 3.05) is 0 Å². The van der Waals surface area contributed by atoms with Gasteiger partial charge >= 0.3 is 0 Å². The number of rotatable bonds is 5. The summed E-state index contributed by atoms with van der Waals surface area (Å²) in [5.74, 6) is 0.953. The molecule has 0 atom stereocenters. The van der Waals surface area contributed by atoms with E-state index in [2.05, 4.69) is 16.4 Å². The first-order chi connectivity index (χ1) is 14.6. The quantitative estimate of drug-likeness (QED) is 0.569. The molecule has 1 aromatic heterocycles. The molecule has 30 heavy (non-hydrogen) atoms. The molecule has 2 saturated carbocycles. The molecule has 2 aromatic carbocycles. The molecule has 5 rings (SSSR count). The third-order valence-corrected chi connectivity index (χ3v) is 6.97. The molecular weight excluding hydrogens is 375 g/mol. The largest absolute Gasteiger partial charge is 0.347 e. The van der Waals surface area contributed by atoms with Crippen LogP contribution < -0.4 is 5.32 Å². The fourth-order valence-electron chi connectivity index (χ4n) is 5.16. The predicted molar refractivity (Wildman–Crippen MR) is 117 cm³/mol. The number of nitrogens with one attached hydrogen (secondary N) is 1. The van der Waals surface area contributed by atoms with Gasteiger partial charge in [-0.1, -0.05) is 18.2 Å². The molecule has 0 bridgehead atoms. The maximum atomic E-state index is 13.8. The Kier molecular flexibility index (Phi) is 5.01. The number of amides is 1. The Morgan fingerprint density at radius 3 is 2.53 bits per heavy atom. The van der Waals surface area contributed by atoms with Crippen LogP contribution in [0.25, 0.3) is 10.9 Å². The van der Waals surface area contributed by atoms with Gasteiger partial charge in [-0.05, 0) is 98.7 Å². The third kappa shape index (κ3) is 3.96. The highest BCUT2D eigenvalue weighted by molar-refractivity contribution is 5.94. The Hall–Kier alpha value is -2.75. The molecule has 0 spiro atoms. The standard InChI is InChI=1S/C26H27FN2O/c27-21-10-11-24-23(16-21)22(12-15-28-24)19-8-6-18(7-9-19)17-26(13-14-26)29-25(30)20-4-2-1-3-5-20/h1-5,10-12,15-16,18-19H,6-9,13-14,17H2,(H,29,30)/t18-,19+. The van der Waals surface area contributed by atoms with Crippen LogP contribution >= 0.6 is 0 Å². The number of hydrogen-bond donors (Lipinski definition) is 1. The van der Waals surface area contributed by atoms with E-state index in [1.807, 2.05) is 36.5 Å². The Morgan fingerprint density at radius 1 is 1.03 bits per heavy atom. The molecule has 1 heterocycles. The number of carbonyl (C=O) groups is 1. The Balaban J connectivity index is 1.22. The number of carbonyl (C=O) groups excluding carboxylic acids is 1. The fourth-order valence-corrected chi connectivity index (χ4v) is 5.16. The minimum absolute atomic E-state index is 0.00306. The average Bonchev–Trinajstić information content (AvgIpc) is 3.53. The van der Waals surface area contributed by atoms with E-state index in [-0.39, 0.29) is 17.3 Å². The number of hydrogen-bond acceptors (Lipinski definition) is 2. The van der Waals surface area contributed by atoms with Crippen LogP contribution in [0, 0.1) is 11.7 Å². The van der Waals surface area contributed by atoms with Crippen molar-refractivity contribution in [2.45, 2.75) is 56.4 Å². The lowest BCUT2D eigenvalue weighted by molar-refractivity contribution is 0.0921. The van der Waals surface area contributed by atoms with Gasteiger partial charge in [-0.3, -0.25) is 9.78 Å². The molecule has 2 fully saturated rings. The summed E-state index contributed by atoms with van der Waals surface area (Å²) in [6, 6.07) is 16.4. The van der Waals surface area contributed by atoms with E-state index in [1.54, 1.807) is 12.1 Å². The second-order valence-corrected chi connectivity index (χ2v) is 9.08. The van der Waals surface area contributed by atoms with Crippen molar-refractivity contribution in [3.8, 4) is 0 Å². The van der Waals surface area contributed by atoms with E-state index in [1.165, 1.54) is 11.6 Å². The smallest absolute Gasteiger partial charge is 0.251 e. The van der Waals surface area contributed by atoms with Crippen LogP contribution in [0.2, 0.25) is 0 Å². The van der Waals surface area contributed by atoms with Gasteiger partial charge in [-0.15, -0.1) is 0 Å². The SMILES string of the molecule is O=C(NC1(C[C@H]2CC[C@@H](c3ccnc4ccc(F)cc43)CC2)CC1)c1ccccc1. The van der Waals surface area contributed by atoms with Crippen LogP contribution in [0.4, 0.5) is 4.39 Å². The molecular formula is C26H27FN2O. The van der Waals surface area contributed by atoms with Crippen molar-refractivity contribution in [3.05, 3.63) is 77.7 Å². The van der Waals surface area contributed by atoms with Crippen LogP contribution in [0.15, 0.2) is 60.8 Å². The molecule has 2 aliphatic rings. The minimum Gasteiger partial charge on any atom is -0.347 e. The summed E-state index contributed by atoms with van der Waals surface area (Å²) in [7, 11) is 0. The normalized spacial score (nSPS) is 22.6. The van der Waals surface area contributed by atoms with Gasteiger partial charge in [0.15, 0.2) is 0 Å². The zero-order chi connectivity index (χ0) is 20.6. The van der Waals surface area contributed by atoms with Gasteiger partial charge in [0.05, 0.1) is 5.52 Å². The lowest BCUT2D eigenvalue weighted by atomic mass is 9.75.